The van der Waals surface area contributed by atoms with Crippen molar-refractivity contribution < 1.29 is 27.1 Å². The van der Waals surface area contributed by atoms with Crippen LogP contribution in [0.4, 0.5) is 23.4 Å². The molecule has 0 amide bonds. The van der Waals surface area contributed by atoms with Crippen molar-refractivity contribution in [2.45, 2.75) is 6.92 Å². The number of fused-ring (bicyclic) bond motifs is 1. The normalized spacial score (nSPS) is 11.1. The number of hydrogen-bond acceptors (Lipinski definition) is 5. The fourth-order valence-corrected chi connectivity index (χ4v) is 2.84. The van der Waals surface area contributed by atoms with Gasteiger partial charge in [0.2, 0.25) is 5.43 Å². The van der Waals surface area contributed by atoms with Gasteiger partial charge in [-0.1, -0.05) is 11.6 Å². The van der Waals surface area contributed by atoms with E-state index in [1.54, 1.807) is 0 Å². The zero-order valence-electron chi connectivity index (χ0n) is 14.0. The summed E-state index contributed by atoms with van der Waals surface area (Å²) in [6, 6.07) is 0.905. The third-order valence-corrected chi connectivity index (χ3v) is 4.13. The molecule has 0 aliphatic rings. The Morgan fingerprint density at radius 3 is 2.54 bits per heavy atom. The Morgan fingerprint density at radius 1 is 1.21 bits per heavy atom. The monoisotopic (exact) mass is 415 g/mol. The third kappa shape index (κ3) is 3.05. The lowest BCUT2D eigenvalue weighted by atomic mass is 10.1. The summed E-state index contributed by atoms with van der Waals surface area (Å²) in [6.45, 7) is 1.39. The van der Waals surface area contributed by atoms with Crippen molar-refractivity contribution in [3.05, 3.63) is 62.4 Å². The number of aromatic nitrogens is 2. The number of anilines is 1. The number of nitrogen functional groups attached to an aromatic ring is 1. The van der Waals surface area contributed by atoms with Gasteiger partial charge in [0.25, 0.3) is 0 Å². The van der Waals surface area contributed by atoms with Crippen LogP contribution in [0.15, 0.2) is 23.1 Å². The SMILES string of the molecule is CCOC(=O)c1cn(-c2nc(N)c(F)cc2F)c2c(Cl)c(F)c(F)cc2c1=O. The van der Waals surface area contributed by atoms with Gasteiger partial charge in [-0.2, -0.15) is 0 Å². The van der Waals surface area contributed by atoms with Crippen molar-refractivity contribution in [2.75, 3.05) is 12.3 Å². The van der Waals surface area contributed by atoms with Crippen molar-refractivity contribution in [1.82, 2.24) is 9.55 Å². The molecule has 2 aromatic heterocycles. The summed E-state index contributed by atoms with van der Waals surface area (Å²) in [7, 11) is 0. The second-order valence-electron chi connectivity index (χ2n) is 5.51. The minimum atomic E-state index is -1.51. The fourth-order valence-electron chi connectivity index (χ4n) is 2.55. The maximum Gasteiger partial charge on any atom is 0.343 e. The predicted octanol–water partition coefficient (Wildman–Crippen LogP) is 3.35. The fraction of sp³-hybridized carbons (Fsp3) is 0.118. The second-order valence-corrected chi connectivity index (χ2v) is 5.88. The van der Waals surface area contributed by atoms with E-state index in [-0.39, 0.29) is 6.61 Å². The first-order valence-electron chi connectivity index (χ1n) is 7.69. The number of rotatable bonds is 3. The number of esters is 1. The minimum absolute atomic E-state index is 0.0923. The van der Waals surface area contributed by atoms with E-state index in [2.05, 4.69) is 4.98 Å². The van der Waals surface area contributed by atoms with Crippen LogP contribution in [0.25, 0.3) is 16.7 Å². The van der Waals surface area contributed by atoms with Crippen molar-refractivity contribution in [3.8, 4) is 5.82 Å². The lowest BCUT2D eigenvalue weighted by molar-refractivity contribution is 0.0524. The number of carbonyl (C=O) groups is 1. The van der Waals surface area contributed by atoms with Crippen LogP contribution >= 0.6 is 11.6 Å². The number of pyridine rings is 2. The van der Waals surface area contributed by atoms with Gasteiger partial charge < -0.3 is 10.5 Å². The van der Waals surface area contributed by atoms with Gasteiger partial charge in [-0.3, -0.25) is 9.36 Å². The smallest absolute Gasteiger partial charge is 0.343 e. The zero-order chi connectivity index (χ0) is 20.7. The van der Waals surface area contributed by atoms with Gasteiger partial charge in [-0.15, -0.1) is 0 Å². The van der Waals surface area contributed by atoms with Gasteiger partial charge in [0.15, 0.2) is 34.9 Å². The van der Waals surface area contributed by atoms with Crippen LogP contribution in [0.5, 0.6) is 0 Å². The van der Waals surface area contributed by atoms with Crippen LogP contribution in [-0.4, -0.2) is 22.1 Å². The van der Waals surface area contributed by atoms with Crippen LogP contribution in [0.2, 0.25) is 5.02 Å². The molecule has 0 aliphatic heterocycles. The summed E-state index contributed by atoms with van der Waals surface area (Å²) in [4.78, 5) is 28.2. The lowest BCUT2D eigenvalue weighted by Crippen LogP contribution is -2.22. The van der Waals surface area contributed by atoms with E-state index in [1.807, 2.05) is 0 Å². The van der Waals surface area contributed by atoms with E-state index in [0.29, 0.717) is 16.7 Å². The molecule has 11 heteroatoms. The number of carbonyl (C=O) groups excluding carboxylic acids is 1. The van der Waals surface area contributed by atoms with Crippen molar-refractivity contribution in [2.24, 2.45) is 0 Å². The maximum absolute atomic E-state index is 14.4. The average molecular weight is 416 g/mol. The average Bonchev–Trinajstić information content (AvgIpc) is 2.64. The van der Waals surface area contributed by atoms with E-state index in [4.69, 9.17) is 22.1 Å². The van der Waals surface area contributed by atoms with Crippen LogP contribution in [-0.2, 0) is 4.74 Å². The van der Waals surface area contributed by atoms with E-state index in [1.165, 1.54) is 6.92 Å². The van der Waals surface area contributed by atoms with E-state index in [9.17, 15) is 27.2 Å². The molecule has 0 saturated carbocycles. The van der Waals surface area contributed by atoms with Gasteiger partial charge in [-0.05, 0) is 13.0 Å². The number of nitrogens with zero attached hydrogens (tertiary/aromatic N) is 2. The quantitative estimate of drug-likeness (QED) is 0.403. The predicted molar refractivity (Wildman–Crippen MR) is 92.6 cm³/mol. The second kappa shape index (κ2) is 7.12. The van der Waals surface area contributed by atoms with Crippen LogP contribution in [0, 0.1) is 23.3 Å². The minimum Gasteiger partial charge on any atom is -0.462 e. The van der Waals surface area contributed by atoms with E-state index < -0.39 is 67.8 Å². The molecule has 0 bridgehead atoms. The van der Waals surface area contributed by atoms with Gasteiger partial charge in [0.1, 0.15) is 10.6 Å². The molecule has 3 rings (SSSR count). The number of halogens is 5. The number of ether oxygens (including phenoxy) is 1. The molecule has 0 unspecified atom stereocenters. The molecule has 3 aromatic rings. The highest BCUT2D eigenvalue weighted by atomic mass is 35.5. The van der Waals surface area contributed by atoms with Gasteiger partial charge in [-0.25, -0.2) is 27.3 Å². The number of hydrogen-bond donors (Lipinski definition) is 1. The Morgan fingerprint density at radius 2 is 1.89 bits per heavy atom. The first kappa shape index (κ1) is 19.6. The van der Waals surface area contributed by atoms with Crippen molar-refractivity contribution in [3.63, 3.8) is 0 Å². The summed E-state index contributed by atoms with van der Waals surface area (Å²) in [6.07, 6.45) is 0.786. The van der Waals surface area contributed by atoms with Gasteiger partial charge in [0.05, 0.1) is 17.5 Å². The molecule has 6 nitrogen and oxygen atoms in total. The largest absolute Gasteiger partial charge is 0.462 e. The molecule has 0 spiro atoms. The highest BCUT2D eigenvalue weighted by Gasteiger charge is 2.24. The van der Waals surface area contributed by atoms with Crippen LogP contribution in [0.3, 0.4) is 0 Å². The first-order chi connectivity index (χ1) is 13.2. The molecule has 0 fully saturated rings. The standard InChI is InChI=1S/C17H10ClF4N3O3/c1-2-28-17(27)7-5-25(16-10(21)4-9(20)15(23)24-16)13-6(14(7)26)3-8(19)12(22)11(13)18/h3-5H,2H2,1H3,(H2,23,24). The Hall–Kier alpha value is -3.14. The number of benzene rings is 1. The molecular formula is C17H10ClF4N3O3. The lowest BCUT2D eigenvalue weighted by Gasteiger charge is -2.15. The Bertz CT molecular complexity index is 1200. The molecule has 2 heterocycles. The van der Waals surface area contributed by atoms with E-state index >= 15 is 0 Å². The van der Waals surface area contributed by atoms with Crippen LogP contribution in [0.1, 0.15) is 17.3 Å². The summed E-state index contributed by atoms with van der Waals surface area (Å²) < 4.78 is 61.1. The Balaban J connectivity index is 2.52. The Labute approximate surface area is 159 Å². The summed E-state index contributed by atoms with van der Waals surface area (Å²) >= 11 is 5.83. The summed E-state index contributed by atoms with van der Waals surface area (Å²) in [5, 5.41) is -1.41. The molecule has 0 atom stereocenters. The molecule has 0 aliphatic carbocycles. The maximum atomic E-state index is 14.4. The molecule has 146 valence electrons. The molecule has 0 saturated heterocycles. The third-order valence-electron chi connectivity index (χ3n) is 3.79. The first-order valence-corrected chi connectivity index (χ1v) is 8.07. The van der Waals surface area contributed by atoms with Gasteiger partial charge in [0, 0.05) is 12.3 Å². The van der Waals surface area contributed by atoms with Crippen molar-refractivity contribution >= 4 is 34.3 Å². The molecule has 2 N–H and O–H groups in total. The zero-order valence-corrected chi connectivity index (χ0v) is 14.8. The highest BCUT2D eigenvalue weighted by molar-refractivity contribution is 6.35. The van der Waals surface area contributed by atoms with Crippen LogP contribution < -0.4 is 11.2 Å². The molecule has 0 radical (unpaired) electrons. The number of nitrogens with two attached hydrogens (primary N) is 1. The molecule has 28 heavy (non-hydrogen) atoms. The van der Waals surface area contributed by atoms with Gasteiger partial charge >= 0.3 is 5.97 Å². The topological polar surface area (TPSA) is 87.2 Å². The summed E-state index contributed by atoms with van der Waals surface area (Å²) in [5.41, 5.74) is 3.21. The highest BCUT2D eigenvalue weighted by Crippen LogP contribution is 2.30. The molecule has 1 aromatic carbocycles. The van der Waals surface area contributed by atoms with E-state index in [0.717, 1.165) is 6.20 Å². The van der Waals surface area contributed by atoms with Crippen molar-refractivity contribution in [1.29, 1.82) is 0 Å². The summed E-state index contributed by atoms with van der Waals surface area (Å²) in [5.74, 6) is -7.90. The molecular weight excluding hydrogens is 406 g/mol. The Kier molecular flexibility index (Phi) is 4.99.